The molecule has 3 heterocycles. The van der Waals surface area contributed by atoms with Crippen molar-refractivity contribution in [3.05, 3.63) is 70.4 Å². The summed E-state index contributed by atoms with van der Waals surface area (Å²) in [6, 6.07) is 15.0. The molecule has 1 aliphatic rings. The Balaban J connectivity index is 1.37. The van der Waals surface area contributed by atoms with Crippen molar-refractivity contribution in [2.75, 3.05) is 44.9 Å². The van der Waals surface area contributed by atoms with E-state index in [1.807, 2.05) is 29.6 Å². The predicted octanol–water partition coefficient (Wildman–Crippen LogP) is 4.51. The molecule has 2 aromatic heterocycles. The molecule has 0 bridgehead atoms. The third kappa shape index (κ3) is 6.25. The van der Waals surface area contributed by atoms with Crippen LogP contribution in [0.4, 0.5) is 9.93 Å². The molecule has 0 spiro atoms. The van der Waals surface area contributed by atoms with E-state index < -0.39 is 22.0 Å². The van der Waals surface area contributed by atoms with Crippen LogP contribution in [0, 0.1) is 0 Å². The molecule has 1 aliphatic heterocycles. The Labute approximate surface area is 245 Å². The number of piperazine rings is 1. The van der Waals surface area contributed by atoms with Crippen LogP contribution >= 0.6 is 22.7 Å². The highest BCUT2D eigenvalue weighted by atomic mass is 32.2. The molecule has 0 saturated carbocycles. The average molecular weight is 614 g/mol. The summed E-state index contributed by atoms with van der Waals surface area (Å²) in [5, 5.41) is 7.94. The highest BCUT2D eigenvalue weighted by molar-refractivity contribution is 7.89. The van der Waals surface area contributed by atoms with Crippen molar-refractivity contribution in [2.24, 2.45) is 5.10 Å². The van der Waals surface area contributed by atoms with Crippen LogP contribution in [-0.2, 0) is 14.8 Å². The summed E-state index contributed by atoms with van der Waals surface area (Å²) >= 11 is 2.77. The van der Waals surface area contributed by atoms with Crippen molar-refractivity contribution in [1.82, 2.24) is 14.2 Å². The lowest BCUT2D eigenvalue weighted by atomic mass is 10.2. The average Bonchev–Trinajstić information content (AvgIpc) is 3.67. The molecule has 4 aromatic rings. The number of sulfonamides is 1. The number of fused-ring (bicyclic) bond motifs is 1. The van der Waals surface area contributed by atoms with Crippen LogP contribution < -0.4 is 9.75 Å². The van der Waals surface area contributed by atoms with E-state index in [0.717, 1.165) is 9.58 Å². The molecule has 5 rings (SSSR count). The van der Waals surface area contributed by atoms with E-state index in [4.69, 9.17) is 9.47 Å². The van der Waals surface area contributed by atoms with Gasteiger partial charge in [0.25, 0.3) is 5.91 Å². The zero-order valence-corrected chi connectivity index (χ0v) is 24.7. The van der Waals surface area contributed by atoms with Crippen LogP contribution in [0.5, 0.6) is 5.75 Å². The second-order valence-corrected chi connectivity index (χ2v) is 12.7. The molecule has 41 heavy (non-hydrogen) atoms. The highest BCUT2D eigenvalue weighted by Gasteiger charge is 2.31. The summed E-state index contributed by atoms with van der Waals surface area (Å²) in [5.41, 5.74) is 0.940. The van der Waals surface area contributed by atoms with Crippen molar-refractivity contribution >= 4 is 66.3 Å². The Morgan fingerprint density at radius 1 is 1.10 bits per heavy atom. The van der Waals surface area contributed by atoms with Gasteiger partial charge in [-0.05, 0) is 60.8 Å². The van der Waals surface area contributed by atoms with Gasteiger partial charge in [0.05, 0.1) is 35.0 Å². The Morgan fingerprint density at radius 3 is 2.51 bits per heavy atom. The topological polar surface area (TPSA) is 122 Å². The first kappa shape index (κ1) is 28.7. The normalized spacial score (nSPS) is 14.4. The Hall–Kier alpha value is -3.85. The van der Waals surface area contributed by atoms with Crippen molar-refractivity contribution in [3.8, 4) is 5.75 Å². The van der Waals surface area contributed by atoms with Crippen LogP contribution in [0.3, 0.4) is 0 Å². The molecule has 0 aliphatic carbocycles. The van der Waals surface area contributed by atoms with Gasteiger partial charge < -0.3 is 14.4 Å². The fourth-order valence-corrected chi connectivity index (χ4v) is 7.10. The van der Waals surface area contributed by atoms with E-state index in [1.54, 1.807) is 26.3 Å². The quantitative estimate of drug-likeness (QED) is 0.212. The largest absolute Gasteiger partial charge is 0.497 e. The van der Waals surface area contributed by atoms with Gasteiger partial charge in [0.2, 0.25) is 15.2 Å². The molecule has 14 heteroatoms. The third-order valence-corrected chi connectivity index (χ3v) is 10.0. The summed E-state index contributed by atoms with van der Waals surface area (Å²) in [6.07, 6.45) is 1.13. The smallest absolute Gasteiger partial charge is 0.409 e. The number of nitrogens with zero attached hydrogens (tertiary/aromatic N) is 5. The first-order valence-corrected chi connectivity index (χ1v) is 15.8. The van der Waals surface area contributed by atoms with Crippen molar-refractivity contribution in [3.63, 3.8) is 0 Å². The second kappa shape index (κ2) is 12.3. The number of ether oxygens (including phenoxy) is 2. The van der Waals surface area contributed by atoms with Gasteiger partial charge in [-0.15, -0.1) is 11.3 Å². The maximum absolute atomic E-state index is 13.7. The molecule has 0 atom stereocenters. The number of hydrogen-bond donors (Lipinski definition) is 0. The maximum atomic E-state index is 13.7. The number of thiophene rings is 1. The van der Waals surface area contributed by atoms with Gasteiger partial charge in [-0.2, -0.15) is 14.4 Å². The number of methoxy groups -OCH3 is 1. The zero-order valence-electron chi connectivity index (χ0n) is 22.3. The van der Waals surface area contributed by atoms with E-state index in [-0.39, 0.29) is 43.2 Å². The minimum atomic E-state index is -3.82. The molecule has 0 unspecified atom stereocenters. The standard InChI is InChI=1S/C27H27N5O6S3/c1-3-38-27(34)30-12-14-31(15-13-30)41(35,36)22-9-6-19(7-10-22)25(33)32(28-18-21-5-4-16-39-21)26-29-23-11-8-20(37-2)17-24(23)40-26/h4-11,16-18H,3,12-15H2,1-2H3/b28-18+. The molecular weight excluding hydrogens is 587 g/mol. The molecule has 1 saturated heterocycles. The van der Waals surface area contributed by atoms with E-state index in [0.29, 0.717) is 16.4 Å². The zero-order chi connectivity index (χ0) is 29.0. The van der Waals surface area contributed by atoms with Gasteiger partial charge >= 0.3 is 6.09 Å². The number of carbonyl (C=O) groups excluding carboxylic acids is 2. The lowest BCUT2D eigenvalue weighted by molar-refractivity contribution is 0.0933. The number of aromatic nitrogens is 1. The Kier molecular flexibility index (Phi) is 8.63. The minimum Gasteiger partial charge on any atom is -0.497 e. The van der Waals surface area contributed by atoms with Crippen LogP contribution in [0.15, 0.2) is 70.0 Å². The van der Waals surface area contributed by atoms with Gasteiger partial charge in [0.1, 0.15) is 5.75 Å². The summed E-state index contributed by atoms with van der Waals surface area (Å²) < 4.78 is 39.0. The van der Waals surface area contributed by atoms with E-state index in [2.05, 4.69) is 10.1 Å². The van der Waals surface area contributed by atoms with Gasteiger partial charge in [-0.25, -0.2) is 18.2 Å². The molecule has 11 nitrogen and oxygen atoms in total. The van der Waals surface area contributed by atoms with Crippen LogP contribution in [0.1, 0.15) is 22.2 Å². The minimum absolute atomic E-state index is 0.0550. The van der Waals surface area contributed by atoms with Crippen LogP contribution in [-0.4, -0.2) is 80.7 Å². The van der Waals surface area contributed by atoms with E-state index >= 15 is 0 Å². The first-order valence-electron chi connectivity index (χ1n) is 12.7. The van der Waals surface area contributed by atoms with E-state index in [9.17, 15) is 18.0 Å². The molecule has 214 valence electrons. The number of hydrogen-bond acceptors (Lipinski definition) is 10. The van der Waals surface area contributed by atoms with Crippen molar-refractivity contribution in [1.29, 1.82) is 0 Å². The Bertz CT molecular complexity index is 1660. The van der Waals surface area contributed by atoms with Crippen LogP contribution in [0.25, 0.3) is 10.2 Å². The molecule has 1 fully saturated rings. The molecule has 2 aromatic carbocycles. The van der Waals surface area contributed by atoms with Gasteiger partial charge in [0, 0.05) is 36.6 Å². The summed E-state index contributed by atoms with van der Waals surface area (Å²) in [6.45, 7) is 2.75. The predicted molar refractivity (Wildman–Crippen MR) is 159 cm³/mol. The summed E-state index contributed by atoms with van der Waals surface area (Å²) in [5.74, 6) is 0.211. The van der Waals surface area contributed by atoms with E-state index in [1.165, 1.54) is 61.2 Å². The number of anilines is 1. The number of rotatable bonds is 8. The molecule has 0 radical (unpaired) electrons. The van der Waals surface area contributed by atoms with Crippen LogP contribution in [0.2, 0.25) is 0 Å². The first-order chi connectivity index (χ1) is 19.8. The van der Waals surface area contributed by atoms with Gasteiger partial charge in [-0.3, -0.25) is 4.79 Å². The molecule has 2 amide bonds. The SMILES string of the molecule is CCOC(=O)N1CCN(S(=O)(=O)c2ccc(C(=O)N(/N=C/c3cccs3)c3nc4ccc(OC)cc4s3)cc2)CC1. The highest BCUT2D eigenvalue weighted by Crippen LogP contribution is 2.32. The van der Waals surface area contributed by atoms with Gasteiger partial charge in [0.15, 0.2) is 0 Å². The number of amides is 2. The molecule has 0 N–H and O–H groups in total. The lowest BCUT2D eigenvalue weighted by Gasteiger charge is -2.33. The third-order valence-electron chi connectivity index (χ3n) is 6.31. The summed E-state index contributed by atoms with van der Waals surface area (Å²) in [7, 11) is -2.24. The lowest BCUT2D eigenvalue weighted by Crippen LogP contribution is -2.50. The number of thiazole rings is 1. The van der Waals surface area contributed by atoms with Crippen molar-refractivity contribution in [2.45, 2.75) is 11.8 Å². The number of hydrazone groups is 1. The fraction of sp³-hybridized carbons (Fsp3) is 0.259. The molecular formula is C27H27N5O6S3. The monoisotopic (exact) mass is 613 g/mol. The fourth-order valence-electron chi connectivity index (χ4n) is 4.15. The number of benzene rings is 2. The second-order valence-electron chi connectivity index (χ2n) is 8.82. The number of carbonyl (C=O) groups is 2. The van der Waals surface area contributed by atoms with Crippen molar-refractivity contribution < 1.29 is 27.5 Å². The van der Waals surface area contributed by atoms with Gasteiger partial charge in [-0.1, -0.05) is 17.4 Å². The summed E-state index contributed by atoms with van der Waals surface area (Å²) in [4.78, 5) is 32.6. The maximum Gasteiger partial charge on any atom is 0.409 e. The Morgan fingerprint density at radius 2 is 1.85 bits per heavy atom.